The molecule has 0 saturated carbocycles. The van der Waals surface area contributed by atoms with Gasteiger partial charge in [-0.2, -0.15) is 16.8 Å². The van der Waals surface area contributed by atoms with Gasteiger partial charge in [-0.25, -0.2) is 0 Å². The average molecular weight is 541 g/mol. The van der Waals surface area contributed by atoms with Crippen LogP contribution >= 0.6 is 0 Å². The Morgan fingerprint density at radius 3 is 1.37 bits per heavy atom. The number of nitrogens with one attached hydrogen (secondary N) is 2. The summed E-state index contributed by atoms with van der Waals surface area (Å²) in [7, 11) is -6.74. The molecule has 0 atom stereocenters. The Bertz CT molecular complexity index is 1180. The van der Waals surface area contributed by atoms with Crippen molar-refractivity contribution < 1.29 is 45.0 Å². The summed E-state index contributed by atoms with van der Waals surface area (Å²) in [5.74, 6) is -1.07. The third-order valence-corrected chi connectivity index (χ3v) is 6.34. The van der Waals surface area contributed by atoms with Crippen LogP contribution in [-0.2, 0) is 52.1 Å². The Kier molecular flexibility index (Phi) is 12.0. The molecule has 2 amide bonds. The van der Waals surface area contributed by atoms with Crippen LogP contribution in [0.15, 0.2) is 46.2 Å². The molecule has 2 rings (SSSR count). The van der Waals surface area contributed by atoms with E-state index in [1.54, 1.807) is 0 Å². The molecule has 188 valence electrons. The van der Waals surface area contributed by atoms with Crippen LogP contribution in [0.25, 0.3) is 0 Å². The van der Waals surface area contributed by atoms with Crippen molar-refractivity contribution in [3.8, 4) is 0 Å². The number of rotatable bonds is 11. The molecule has 0 bridgehead atoms. The summed E-state index contributed by atoms with van der Waals surface area (Å²) in [6, 6.07) is 7.67. The molecule has 0 fully saturated rings. The summed E-state index contributed by atoms with van der Waals surface area (Å²) in [5.41, 5.74) is 0.499. The van der Waals surface area contributed by atoms with Gasteiger partial charge in [0.2, 0.25) is 11.8 Å². The van der Waals surface area contributed by atoms with E-state index in [1.165, 1.54) is 38.5 Å². The van der Waals surface area contributed by atoms with Gasteiger partial charge in [-0.3, -0.25) is 18.7 Å². The van der Waals surface area contributed by atoms with Crippen LogP contribution < -0.4 is 10.6 Å². The quantitative estimate of drug-likeness (QED) is 0.231. The number of carbonyl (C=O) groups excluding carboxylic acids is 2. The number of ether oxygens (including phenoxy) is 2. The third kappa shape index (κ3) is 9.59. The minimum absolute atomic E-state index is 0. The van der Waals surface area contributed by atoms with Crippen molar-refractivity contribution in [3.63, 3.8) is 0 Å². The van der Waals surface area contributed by atoms with Gasteiger partial charge in [0.15, 0.2) is 0 Å². The Morgan fingerprint density at radius 1 is 0.743 bits per heavy atom. The first-order valence-electron chi connectivity index (χ1n) is 9.63. The molecule has 0 aromatic heterocycles. The maximum absolute atomic E-state index is 11.9. The zero-order valence-corrected chi connectivity index (χ0v) is 19.9. The SMILES string of the molecule is COCC(=O)Nc1ccc(CCc2ccc(NC(=O)COC)cc2S(=O)(=O)O)c(S(=O)(=O)O)c1.[NaH]. The van der Waals surface area contributed by atoms with Crippen molar-refractivity contribution >= 4 is 73.0 Å². The summed E-state index contributed by atoms with van der Waals surface area (Å²) in [4.78, 5) is 22.4. The molecular weight excluding hydrogens is 515 g/mol. The van der Waals surface area contributed by atoms with Crippen LogP contribution in [0.2, 0.25) is 0 Å². The number of hydrogen-bond acceptors (Lipinski definition) is 8. The Morgan fingerprint density at radius 2 is 1.09 bits per heavy atom. The molecule has 35 heavy (non-hydrogen) atoms. The Hall–Kier alpha value is -1.88. The van der Waals surface area contributed by atoms with Gasteiger partial charge in [0.25, 0.3) is 20.2 Å². The van der Waals surface area contributed by atoms with Gasteiger partial charge in [0.1, 0.15) is 13.2 Å². The van der Waals surface area contributed by atoms with E-state index in [0.29, 0.717) is 0 Å². The van der Waals surface area contributed by atoms with Crippen molar-refractivity contribution in [1.82, 2.24) is 0 Å². The second kappa shape index (κ2) is 13.4. The van der Waals surface area contributed by atoms with Gasteiger partial charge in [0, 0.05) is 25.6 Å². The average Bonchev–Trinajstić information content (AvgIpc) is 2.72. The Balaban J connectivity index is 0.00000612. The van der Waals surface area contributed by atoms with E-state index in [2.05, 4.69) is 20.1 Å². The third-order valence-electron chi connectivity index (χ3n) is 4.47. The van der Waals surface area contributed by atoms with Crippen LogP contribution in [-0.4, -0.2) is 94.7 Å². The summed E-state index contributed by atoms with van der Waals surface area (Å²) < 4.78 is 76.2. The molecule has 15 heteroatoms. The van der Waals surface area contributed by atoms with Crippen LogP contribution in [0, 0.1) is 0 Å². The fourth-order valence-electron chi connectivity index (χ4n) is 3.08. The molecule has 0 aliphatic carbocycles. The molecule has 0 radical (unpaired) electrons. The summed E-state index contributed by atoms with van der Waals surface area (Å²) in [6.07, 6.45) is -0.0847. The minimum atomic E-state index is -4.68. The van der Waals surface area contributed by atoms with Gasteiger partial charge in [-0.15, -0.1) is 0 Å². The predicted octanol–water partition coefficient (Wildman–Crippen LogP) is 0.487. The summed E-state index contributed by atoms with van der Waals surface area (Å²) in [5, 5.41) is 4.84. The number of amides is 2. The van der Waals surface area contributed by atoms with Gasteiger partial charge in [-0.05, 0) is 48.2 Å². The van der Waals surface area contributed by atoms with E-state index in [-0.39, 0.29) is 78.1 Å². The zero-order valence-electron chi connectivity index (χ0n) is 18.3. The van der Waals surface area contributed by atoms with E-state index < -0.39 is 41.8 Å². The number of anilines is 2. The molecule has 12 nitrogen and oxygen atoms in total. The van der Waals surface area contributed by atoms with E-state index in [0.717, 1.165) is 12.1 Å². The van der Waals surface area contributed by atoms with Crippen molar-refractivity contribution in [3.05, 3.63) is 47.5 Å². The number of methoxy groups -OCH3 is 2. The van der Waals surface area contributed by atoms with Gasteiger partial charge in [-0.1, -0.05) is 12.1 Å². The van der Waals surface area contributed by atoms with E-state index in [1.807, 2.05) is 0 Å². The van der Waals surface area contributed by atoms with Crippen molar-refractivity contribution in [2.75, 3.05) is 38.1 Å². The number of aryl methyl sites for hydroxylation is 2. The zero-order chi connectivity index (χ0) is 25.5. The van der Waals surface area contributed by atoms with Gasteiger partial charge < -0.3 is 20.1 Å². The number of carbonyl (C=O) groups is 2. The maximum atomic E-state index is 11.9. The first-order chi connectivity index (χ1) is 15.8. The number of hydrogen-bond donors (Lipinski definition) is 4. The second-order valence-corrected chi connectivity index (χ2v) is 9.84. The summed E-state index contributed by atoms with van der Waals surface area (Å²) in [6.45, 7) is -0.521. The van der Waals surface area contributed by atoms with Crippen LogP contribution in [0.4, 0.5) is 11.4 Å². The van der Waals surface area contributed by atoms with Crippen molar-refractivity contribution in [2.45, 2.75) is 22.6 Å². The molecule has 0 saturated heterocycles. The van der Waals surface area contributed by atoms with Crippen molar-refractivity contribution in [2.24, 2.45) is 0 Å². The van der Waals surface area contributed by atoms with Gasteiger partial charge >= 0.3 is 29.6 Å². The van der Waals surface area contributed by atoms with E-state index in [9.17, 15) is 35.5 Å². The first kappa shape index (κ1) is 31.2. The molecular formula is C20H25N2NaO10S2. The van der Waals surface area contributed by atoms with E-state index >= 15 is 0 Å². The molecule has 0 unspecified atom stereocenters. The first-order valence-corrected chi connectivity index (χ1v) is 12.5. The van der Waals surface area contributed by atoms with Crippen LogP contribution in [0.5, 0.6) is 0 Å². The summed E-state index contributed by atoms with van der Waals surface area (Å²) >= 11 is 0. The van der Waals surface area contributed by atoms with E-state index in [4.69, 9.17) is 0 Å². The standard InChI is InChI=1S/C20H24N2O10S2.Na.H/c1-31-11-19(23)21-15-7-5-13(17(9-15)33(25,26)27)3-4-14-6-8-16(22-20(24)12-32-2)10-18(14)34(28,29)30;;/h5-10H,3-4,11-12H2,1-2H3,(H,21,23)(H,22,24)(H,25,26,27)(H,28,29,30);;. The molecule has 0 aliphatic rings. The normalized spacial score (nSPS) is 11.4. The molecule has 0 spiro atoms. The molecule has 2 aromatic rings. The van der Waals surface area contributed by atoms with Crippen LogP contribution in [0.1, 0.15) is 11.1 Å². The van der Waals surface area contributed by atoms with Crippen molar-refractivity contribution in [1.29, 1.82) is 0 Å². The topological polar surface area (TPSA) is 185 Å². The molecule has 0 aliphatic heterocycles. The van der Waals surface area contributed by atoms with Crippen LogP contribution in [0.3, 0.4) is 0 Å². The molecule has 2 aromatic carbocycles. The van der Waals surface area contributed by atoms with Gasteiger partial charge in [0.05, 0.1) is 9.79 Å². The molecule has 0 heterocycles. The second-order valence-electron chi connectivity index (χ2n) is 7.06. The fourth-order valence-corrected chi connectivity index (χ4v) is 4.64. The monoisotopic (exact) mass is 540 g/mol. The Labute approximate surface area is 225 Å². The number of benzene rings is 2. The fraction of sp³-hybridized carbons (Fsp3) is 0.300. The predicted molar refractivity (Wildman–Crippen MR) is 128 cm³/mol. The molecule has 4 N–H and O–H groups in total.